The molecule has 1 aliphatic rings. The SMILES string of the molecule is CC[C@H](O)[C@@H](C)/C=C\C[C@H](C)C=CC=C(C)[C@H]1OC(=O)C[C@H](O)CC[C@H](C)[C@@H](O)C=C[C@@H]1C. The summed E-state index contributed by atoms with van der Waals surface area (Å²) in [5.41, 5.74) is 0.910. The Bertz CT molecular complexity index is 692. The first-order valence-corrected chi connectivity index (χ1v) is 12.5. The van der Waals surface area contributed by atoms with Crippen LogP contribution in [0, 0.1) is 23.7 Å². The molecular formula is C28H46O5. The Kier molecular flexibility index (Phi) is 13.6. The predicted molar refractivity (Wildman–Crippen MR) is 134 cm³/mol. The minimum atomic E-state index is -0.759. The second kappa shape index (κ2) is 15.3. The van der Waals surface area contributed by atoms with Crippen molar-refractivity contribution in [1.29, 1.82) is 0 Å². The molecule has 0 unspecified atom stereocenters. The number of esters is 1. The summed E-state index contributed by atoms with van der Waals surface area (Å²) in [4.78, 5) is 12.4. The molecule has 0 radical (unpaired) electrons. The lowest BCUT2D eigenvalue weighted by Crippen LogP contribution is -2.29. The summed E-state index contributed by atoms with van der Waals surface area (Å²) in [6.45, 7) is 12.0. The van der Waals surface area contributed by atoms with Gasteiger partial charge in [0, 0.05) is 5.92 Å². The fourth-order valence-corrected chi connectivity index (χ4v) is 3.88. The highest BCUT2D eigenvalue weighted by Gasteiger charge is 2.25. The molecule has 33 heavy (non-hydrogen) atoms. The summed E-state index contributed by atoms with van der Waals surface area (Å²) in [6.07, 6.45) is 14.6. The van der Waals surface area contributed by atoms with Gasteiger partial charge in [-0.25, -0.2) is 0 Å². The predicted octanol–water partition coefficient (Wildman–Crippen LogP) is 5.12. The molecule has 0 aromatic rings. The molecule has 1 rings (SSSR count). The second-order valence-electron chi connectivity index (χ2n) is 9.83. The molecule has 3 N–H and O–H groups in total. The summed E-state index contributed by atoms with van der Waals surface area (Å²) < 4.78 is 5.74. The maximum absolute atomic E-state index is 12.4. The molecule has 0 fully saturated rings. The van der Waals surface area contributed by atoms with Gasteiger partial charge in [-0.2, -0.15) is 0 Å². The Morgan fingerprint density at radius 3 is 2.55 bits per heavy atom. The van der Waals surface area contributed by atoms with Gasteiger partial charge in [0.1, 0.15) is 6.10 Å². The van der Waals surface area contributed by atoms with Crippen molar-refractivity contribution in [2.75, 3.05) is 0 Å². The number of hydrogen-bond donors (Lipinski definition) is 3. The first-order valence-electron chi connectivity index (χ1n) is 12.5. The minimum Gasteiger partial charge on any atom is -0.457 e. The standard InChI is InChI=1S/C28H46O5/c1-7-25(30)20(3)12-8-10-19(2)11-9-13-22(5)28-23(6)15-17-26(31)21(4)14-16-24(29)18-27(32)33-28/h8-9,11-13,15,17,19-21,23-26,28-31H,7,10,14,16,18H2,1-6H3/b11-9?,12-8-,17-15?,22-13?/t19-,20-,21-,23-,24+,25-,26-,28+/m0/s1. The van der Waals surface area contributed by atoms with Crippen molar-refractivity contribution in [3.8, 4) is 0 Å². The highest BCUT2D eigenvalue weighted by Crippen LogP contribution is 2.23. The molecule has 5 heteroatoms. The molecule has 0 saturated heterocycles. The monoisotopic (exact) mass is 462 g/mol. The third-order valence-electron chi connectivity index (χ3n) is 6.51. The Morgan fingerprint density at radius 2 is 1.88 bits per heavy atom. The quantitative estimate of drug-likeness (QED) is 0.265. The van der Waals surface area contributed by atoms with E-state index in [4.69, 9.17) is 4.74 Å². The number of carbonyl (C=O) groups is 1. The van der Waals surface area contributed by atoms with E-state index in [0.717, 1.165) is 18.4 Å². The molecule has 1 heterocycles. The largest absolute Gasteiger partial charge is 0.457 e. The smallest absolute Gasteiger partial charge is 0.309 e. The zero-order valence-corrected chi connectivity index (χ0v) is 21.4. The van der Waals surface area contributed by atoms with E-state index in [-0.39, 0.29) is 30.3 Å². The second-order valence-corrected chi connectivity index (χ2v) is 9.83. The Labute approximate surface area is 200 Å². The number of aliphatic hydroxyl groups excluding tert-OH is 3. The average molecular weight is 463 g/mol. The van der Waals surface area contributed by atoms with Crippen LogP contribution in [0.5, 0.6) is 0 Å². The van der Waals surface area contributed by atoms with Crippen LogP contribution in [0.15, 0.2) is 48.1 Å². The van der Waals surface area contributed by atoms with E-state index < -0.39 is 24.3 Å². The number of carbonyl (C=O) groups excluding carboxylic acids is 1. The van der Waals surface area contributed by atoms with Gasteiger partial charge in [-0.1, -0.05) is 77.2 Å². The van der Waals surface area contributed by atoms with Gasteiger partial charge >= 0.3 is 5.97 Å². The number of allylic oxidation sites excluding steroid dienone is 4. The maximum atomic E-state index is 12.4. The fraction of sp³-hybridized carbons (Fsp3) is 0.679. The highest BCUT2D eigenvalue weighted by atomic mass is 16.5. The lowest BCUT2D eigenvalue weighted by molar-refractivity contribution is -0.151. The molecule has 188 valence electrons. The zero-order chi connectivity index (χ0) is 25.0. The van der Waals surface area contributed by atoms with Gasteiger partial charge in [0.25, 0.3) is 0 Å². The molecule has 0 aromatic carbocycles. The average Bonchev–Trinajstić information content (AvgIpc) is 2.77. The summed E-state index contributed by atoms with van der Waals surface area (Å²) in [5, 5.41) is 30.4. The molecule has 1 aliphatic heterocycles. The van der Waals surface area contributed by atoms with Crippen LogP contribution < -0.4 is 0 Å². The van der Waals surface area contributed by atoms with Crippen LogP contribution in [-0.4, -0.2) is 45.7 Å². The molecule has 8 atom stereocenters. The van der Waals surface area contributed by atoms with Gasteiger partial charge < -0.3 is 20.1 Å². The Balaban J connectivity index is 2.85. The van der Waals surface area contributed by atoms with Crippen molar-refractivity contribution in [3.05, 3.63) is 48.1 Å². The molecule has 0 saturated carbocycles. The number of cyclic esters (lactones) is 1. The summed E-state index contributed by atoms with van der Waals surface area (Å²) in [6, 6.07) is 0. The van der Waals surface area contributed by atoms with E-state index in [0.29, 0.717) is 18.8 Å². The van der Waals surface area contributed by atoms with Crippen LogP contribution in [0.4, 0.5) is 0 Å². The fourth-order valence-electron chi connectivity index (χ4n) is 3.88. The Morgan fingerprint density at radius 1 is 1.18 bits per heavy atom. The highest BCUT2D eigenvalue weighted by molar-refractivity contribution is 5.70. The molecule has 5 nitrogen and oxygen atoms in total. The molecular weight excluding hydrogens is 416 g/mol. The van der Waals surface area contributed by atoms with Crippen molar-refractivity contribution in [1.82, 2.24) is 0 Å². The number of aliphatic hydroxyl groups is 3. The normalized spacial score (nSPS) is 31.1. The van der Waals surface area contributed by atoms with E-state index in [1.165, 1.54) is 0 Å². The summed E-state index contributed by atoms with van der Waals surface area (Å²) >= 11 is 0. The van der Waals surface area contributed by atoms with Crippen LogP contribution in [0.2, 0.25) is 0 Å². The molecule has 0 bridgehead atoms. The van der Waals surface area contributed by atoms with Crippen LogP contribution >= 0.6 is 0 Å². The van der Waals surface area contributed by atoms with Crippen molar-refractivity contribution < 1.29 is 24.9 Å². The number of rotatable bonds is 8. The van der Waals surface area contributed by atoms with Crippen molar-refractivity contribution in [2.45, 2.75) is 98.1 Å². The van der Waals surface area contributed by atoms with E-state index >= 15 is 0 Å². The number of hydrogen-bond acceptors (Lipinski definition) is 5. The summed E-state index contributed by atoms with van der Waals surface area (Å²) in [5.74, 6) is -0.0118. The Hall–Kier alpha value is -1.69. The van der Waals surface area contributed by atoms with Crippen LogP contribution in [-0.2, 0) is 9.53 Å². The third-order valence-corrected chi connectivity index (χ3v) is 6.51. The van der Waals surface area contributed by atoms with Gasteiger partial charge in [0.05, 0.1) is 24.7 Å². The van der Waals surface area contributed by atoms with Crippen LogP contribution in [0.3, 0.4) is 0 Å². The zero-order valence-electron chi connectivity index (χ0n) is 21.4. The van der Waals surface area contributed by atoms with E-state index in [1.54, 1.807) is 6.08 Å². The van der Waals surface area contributed by atoms with Crippen molar-refractivity contribution in [2.24, 2.45) is 23.7 Å². The molecule has 0 aliphatic carbocycles. The van der Waals surface area contributed by atoms with Crippen molar-refractivity contribution in [3.63, 3.8) is 0 Å². The van der Waals surface area contributed by atoms with E-state index in [1.807, 2.05) is 52.8 Å². The summed E-state index contributed by atoms with van der Waals surface area (Å²) in [7, 11) is 0. The topological polar surface area (TPSA) is 87.0 Å². The van der Waals surface area contributed by atoms with Crippen LogP contribution in [0.1, 0.15) is 73.6 Å². The molecule has 0 aromatic heterocycles. The van der Waals surface area contributed by atoms with Gasteiger partial charge in [0.15, 0.2) is 0 Å². The van der Waals surface area contributed by atoms with Crippen LogP contribution in [0.25, 0.3) is 0 Å². The van der Waals surface area contributed by atoms with Crippen molar-refractivity contribution >= 4 is 5.97 Å². The maximum Gasteiger partial charge on any atom is 0.309 e. The lowest BCUT2D eigenvalue weighted by atomic mass is 9.92. The van der Waals surface area contributed by atoms with Gasteiger partial charge in [-0.3, -0.25) is 4.79 Å². The van der Waals surface area contributed by atoms with E-state index in [2.05, 4.69) is 25.2 Å². The van der Waals surface area contributed by atoms with Gasteiger partial charge in [-0.15, -0.1) is 0 Å². The van der Waals surface area contributed by atoms with Gasteiger partial charge in [0.2, 0.25) is 0 Å². The van der Waals surface area contributed by atoms with Gasteiger partial charge in [-0.05, 0) is 55.9 Å². The lowest BCUT2D eigenvalue weighted by Gasteiger charge is -2.25. The molecule has 0 spiro atoms. The first kappa shape index (κ1) is 29.3. The first-order chi connectivity index (χ1) is 15.5. The van der Waals surface area contributed by atoms with E-state index in [9.17, 15) is 20.1 Å². The number of ether oxygens (including phenoxy) is 1. The third kappa shape index (κ3) is 11.3. The minimum absolute atomic E-state index is 0.0142. The molecule has 0 amide bonds.